The van der Waals surface area contributed by atoms with E-state index < -0.39 is 0 Å². The van der Waals surface area contributed by atoms with Gasteiger partial charge in [0.2, 0.25) is 0 Å². The number of carbonyl (C=O) groups excluding carboxylic acids is 1. The van der Waals surface area contributed by atoms with E-state index in [2.05, 4.69) is 44.4 Å². The number of piperazine rings is 1. The van der Waals surface area contributed by atoms with E-state index in [0.29, 0.717) is 6.54 Å². The Kier molecular flexibility index (Phi) is 8.07. The van der Waals surface area contributed by atoms with Gasteiger partial charge in [-0.05, 0) is 41.5 Å². The van der Waals surface area contributed by atoms with Crippen molar-refractivity contribution in [2.45, 2.75) is 13.1 Å². The van der Waals surface area contributed by atoms with Gasteiger partial charge in [-0.25, -0.2) is 0 Å². The van der Waals surface area contributed by atoms with Crippen molar-refractivity contribution in [1.29, 1.82) is 0 Å². The molecular weight excluding hydrogens is 499 g/mol. The molecule has 1 saturated heterocycles. The maximum Gasteiger partial charge on any atom is 0.252 e. The fourth-order valence-corrected chi connectivity index (χ4v) is 5.23. The second-order valence-electron chi connectivity index (χ2n) is 9.12. The molecule has 0 bridgehead atoms. The molecule has 7 nitrogen and oxygen atoms in total. The van der Waals surface area contributed by atoms with Gasteiger partial charge in [0.1, 0.15) is 5.76 Å². The smallest absolute Gasteiger partial charge is 0.252 e. The molecule has 0 aliphatic carbocycles. The number of aliphatic hydroxyl groups excluding tert-OH is 1. The molecule has 0 saturated carbocycles. The van der Waals surface area contributed by atoms with Crippen molar-refractivity contribution in [1.82, 2.24) is 20.1 Å². The summed E-state index contributed by atoms with van der Waals surface area (Å²) in [6.07, 6.45) is 1.66. The third-order valence-corrected chi connectivity index (χ3v) is 7.01. The summed E-state index contributed by atoms with van der Waals surface area (Å²) in [6, 6.07) is 16.5. The highest BCUT2D eigenvalue weighted by molar-refractivity contribution is 6.06. The number of amides is 1. The van der Waals surface area contributed by atoms with Gasteiger partial charge >= 0.3 is 0 Å². The number of aliphatic hydroxyl groups is 1. The van der Waals surface area contributed by atoms with Gasteiger partial charge < -0.3 is 19.8 Å². The minimum atomic E-state index is -0.0434. The molecule has 2 aliphatic rings. The zero-order valence-electron chi connectivity index (χ0n) is 19.8. The largest absolute Gasteiger partial charge is 0.464 e. The molecule has 0 spiro atoms. The zero-order valence-corrected chi connectivity index (χ0v) is 21.5. The van der Waals surface area contributed by atoms with Crippen LogP contribution in [0, 0.1) is 0 Å². The summed E-state index contributed by atoms with van der Waals surface area (Å²) in [6.45, 7) is 6.43. The molecule has 9 heteroatoms. The number of rotatable bonds is 6. The van der Waals surface area contributed by atoms with Crippen LogP contribution in [0.4, 0.5) is 0 Å². The van der Waals surface area contributed by atoms with Crippen LogP contribution in [0.5, 0.6) is 0 Å². The lowest BCUT2D eigenvalue weighted by molar-refractivity contribution is 0.0966. The number of hydrogen-bond donors (Lipinski definition) is 3. The number of fused-ring (bicyclic) bond motifs is 2. The fourth-order valence-electron chi connectivity index (χ4n) is 5.23. The Hall–Kier alpha value is -2.81. The minimum Gasteiger partial charge on any atom is -0.464 e. The summed E-state index contributed by atoms with van der Waals surface area (Å²) in [5, 5.41) is 13.3. The van der Waals surface area contributed by atoms with Gasteiger partial charge in [0.25, 0.3) is 5.91 Å². The van der Waals surface area contributed by atoms with Crippen molar-refractivity contribution >= 4 is 41.6 Å². The van der Waals surface area contributed by atoms with Gasteiger partial charge in [0.15, 0.2) is 0 Å². The Morgan fingerprint density at radius 1 is 0.944 bits per heavy atom. The SMILES string of the molecule is Cl.Cl.O=C1NCc2c(-c3ccco3)ccc(-c3cc4cc(CN5CCN(CCO)CC5)ccc4[nH]3)c21. The molecule has 4 aromatic rings. The second-order valence-corrected chi connectivity index (χ2v) is 9.12. The third kappa shape index (κ3) is 4.90. The van der Waals surface area contributed by atoms with Crippen LogP contribution in [0.2, 0.25) is 0 Å². The van der Waals surface area contributed by atoms with Crippen LogP contribution in [0.3, 0.4) is 0 Å². The summed E-state index contributed by atoms with van der Waals surface area (Å²) in [5.41, 5.74) is 6.87. The van der Waals surface area contributed by atoms with E-state index in [1.807, 2.05) is 24.3 Å². The van der Waals surface area contributed by atoms with Crippen LogP contribution in [-0.4, -0.2) is 65.1 Å². The van der Waals surface area contributed by atoms with Gasteiger partial charge in [-0.3, -0.25) is 14.6 Å². The molecule has 0 radical (unpaired) electrons. The van der Waals surface area contributed by atoms with E-state index in [1.54, 1.807) is 6.26 Å². The number of β-amino-alcohol motifs (C(OH)–C–C–N with tert-alkyl or cyclic N) is 1. The van der Waals surface area contributed by atoms with E-state index in [-0.39, 0.29) is 37.3 Å². The molecule has 190 valence electrons. The number of H-pyrrole nitrogens is 1. The first-order chi connectivity index (χ1) is 16.7. The molecule has 2 aromatic heterocycles. The maximum atomic E-state index is 12.8. The van der Waals surface area contributed by atoms with E-state index in [9.17, 15) is 4.79 Å². The molecular formula is C27H30Cl2N4O3. The number of nitrogens with zero attached hydrogens (tertiary/aromatic N) is 2. The van der Waals surface area contributed by atoms with Crippen LogP contribution in [-0.2, 0) is 13.1 Å². The Balaban J connectivity index is 0.00000152. The van der Waals surface area contributed by atoms with Crippen molar-refractivity contribution in [3.05, 3.63) is 71.5 Å². The predicted molar refractivity (Wildman–Crippen MR) is 146 cm³/mol. The average molecular weight is 529 g/mol. The van der Waals surface area contributed by atoms with Crippen molar-refractivity contribution in [3.8, 4) is 22.6 Å². The molecule has 6 rings (SSSR count). The molecule has 2 aromatic carbocycles. The van der Waals surface area contributed by atoms with Gasteiger partial charge in [-0.1, -0.05) is 18.2 Å². The topological polar surface area (TPSA) is 84.7 Å². The van der Waals surface area contributed by atoms with Gasteiger partial charge in [0, 0.05) is 73.5 Å². The lowest BCUT2D eigenvalue weighted by Gasteiger charge is -2.34. The molecule has 4 heterocycles. The highest BCUT2D eigenvalue weighted by Gasteiger charge is 2.27. The normalized spacial score (nSPS) is 15.9. The van der Waals surface area contributed by atoms with Crippen molar-refractivity contribution in [2.24, 2.45) is 0 Å². The molecule has 36 heavy (non-hydrogen) atoms. The Labute approximate surface area is 222 Å². The first-order valence-electron chi connectivity index (χ1n) is 11.8. The highest BCUT2D eigenvalue weighted by atomic mass is 35.5. The second kappa shape index (κ2) is 11.1. The van der Waals surface area contributed by atoms with Crippen LogP contribution in [0.25, 0.3) is 33.5 Å². The van der Waals surface area contributed by atoms with Crippen LogP contribution in [0.15, 0.2) is 59.2 Å². The van der Waals surface area contributed by atoms with Crippen molar-refractivity contribution in [3.63, 3.8) is 0 Å². The van der Waals surface area contributed by atoms with Gasteiger partial charge in [0.05, 0.1) is 18.4 Å². The van der Waals surface area contributed by atoms with E-state index >= 15 is 0 Å². The number of furan rings is 1. The number of halogens is 2. The summed E-state index contributed by atoms with van der Waals surface area (Å²) in [4.78, 5) is 21.1. The first kappa shape index (κ1) is 26.3. The predicted octanol–water partition coefficient (Wildman–Crippen LogP) is 4.29. The maximum absolute atomic E-state index is 12.8. The molecule has 1 fully saturated rings. The quantitative estimate of drug-likeness (QED) is 0.347. The number of aromatic nitrogens is 1. The third-order valence-electron chi connectivity index (χ3n) is 7.01. The average Bonchev–Trinajstić information content (AvgIpc) is 3.60. The Morgan fingerprint density at radius 3 is 2.47 bits per heavy atom. The Morgan fingerprint density at radius 2 is 1.72 bits per heavy atom. The number of aromatic amines is 1. The first-order valence-corrected chi connectivity index (χ1v) is 11.8. The number of carbonyl (C=O) groups is 1. The number of hydrogen-bond acceptors (Lipinski definition) is 5. The van der Waals surface area contributed by atoms with Gasteiger partial charge in [-0.2, -0.15) is 0 Å². The minimum absolute atomic E-state index is 0. The van der Waals surface area contributed by atoms with Crippen molar-refractivity contribution in [2.75, 3.05) is 39.3 Å². The summed E-state index contributed by atoms with van der Waals surface area (Å²) >= 11 is 0. The molecule has 0 atom stereocenters. The summed E-state index contributed by atoms with van der Waals surface area (Å²) < 4.78 is 5.60. The van der Waals surface area contributed by atoms with Crippen molar-refractivity contribution < 1.29 is 14.3 Å². The van der Waals surface area contributed by atoms with Crippen LogP contribution < -0.4 is 5.32 Å². The lowest BCUT2D eigenvalue weighted by atomic mass is 9.95. The fraction of sp³-hybridized carbons (Fsp3) is 0.296. The van der Waals surface area contributed by atoms with Crippen LogP contribution in [0.1, 0.15) is 21.5 Å². The highest BCUT2D eigenvalue weighted by Crippen LogP contribution is 2.37. The summed E-state index contributed by atoms with van der Waals surface area (Å²) in [7, 11) is 0. The molecule has 0 unspecified atom stereocenters. The zero-order chi connectivity index (χ0) is 23.1. The number of benzene rings is 2. The van der Waals surface area contributed by atoms with Crippen LogP contribution >= 0.6 is 24.8 Å². The van der Waals surface area contributed by atoms with E-state index in [4.69, 9.17) is 9.52 Å². The summed E-state index contributed by atoms with van der Waals surface area (Å²) in [5.74, 6) is 0.732. The number of nitrogens with one attached hydrogen (secondary N) is 2. The monoisotopic (exact) mass is 528 g/mol. The standard InChI is InChI=1S/C27H28N4O3.2ClH/c32-12-11-30-7-9-31(10-8-30)17-18-3-6-23-19(14-18)15-24(29-23)21-5-4-20(25-2-1-13-34-25)22-16-28-27(33)26(21)22;;/h1-6,13-15,29,32H,7-12,16-17H2,(H,28,33);2*1H. The van der Waals surface area contributed by atoms with E-state index in [0.717, 1.165) is 83.9 Å². The lowest BCUT2D eigenvalue weighted by Crippen LogP contribution is -2.46. The Bertz CT molecular complexity index is 1340. The molecule has 1 amide bonds. The van der Waals surface area contributed by atoms with E-state index in [1.165, 1.54) is 5.56 Å². The molecule has 3 N–H and O–H groups in total. The van der Waals surface area contributed by atoms with Gasteiger partial charge in [-0.15, -0.1) is 24.8 Å². The molecule has 2 aliphatic heterocycles.